The molecule has 4 rings (SSSR count). The van der Waals surface area contributed by atoms with Crippen LogP contribution in [0, 0.1) is 0 Å². The summed E-state index contributed by atoms with van der Waals surface area (Å²) in [5, 5.41) is 4.85. The fourth-order valence-corrected chi connectivity index (χ4v) is 3.44. The topological polar surface area (TPSA) is 67.6 Å². The van der Waals surface area contributed by atoms with Crippen LogP contribution in [0.15, 0.2) is 70.3 Å². The molecule has 27 heavy (non-hydrogen) atoms. The van der Waals surface area contributed by atoms with Crippen molar-refractivity contribution >= 4 is 11.8 Å². The maximum Gasteiger partial charge on any atom is 0.237 e. The fraction of sp³-hybridized carbons (Fsp3) is 0.190. The molecule has 1 N–H and O–H groups in total. The third kappa shape index (κ3) is 3.95. The minimum Gasteiger partial charge on any atom is -0.338 e. The Morgan fingerprint density at radius 3 is 2.22 bits per heavy atom. The molecule has 0 radical (unpaired) electrons. The fourth-order valence-electron chi connectivity index (χ4n) is 2.73. The lowest BCUT2D eigenvalue weighted by molar-refractivity contribution is 0.383. The summed E-state index contributed by atoms with van der Waals surface area (Å²) in [4.78, 5) is 12.7. The highest BCUT2D eigenvalue weighted by Crippen LogP contribution is 2.33. The lowest BCUT2D eigenvalue weighted by Crippen LogP contribution is -1.90. The minimum atomic E-state index is 0.255. The summed E-state index contributed by atoms with van der Waals surface area (Å²) in [7, 11) is 0. The Hall–Kier alpha value is -2.86. The second-order valence-corrected chi connectivity index (χ2v) is 7.45. The molecule has 0 fully saturated rings. The van der Waals surface area contributed by atoms with Crippen LogP contribution in [-0.2, 0) is 5.75 Å². The van der Waals surface area contributed by atoms with Gasteiger partial charge in [0.05, 0.1) is 17.1 Å². The molecular formula is C21H20N4OS. The van der Waals surface area contributed by atoms with E-state index >= 15 is 0 Å². The molecule has 0 spiro atoms. The van der Waals surface area contributed by atoms with Gasteiger partial charge in [-0.3, -0.25) is 0 Å². The summed E-state index contributed by atoms with van der Waals surface area (Å²) in [6, 6.07) is 20.5. The quantitative estimate of drug-likeness (QED) is 0.447. The van der Waals surface area contributed by atoms with E-state index < -0.39 is 0 Å². The van der Waals surface area contributed by atoms with Gasteiger partial charge in [-0.05, 0) is 0 Å². The molecule has 5 nitrogen and oxygen atoms in total. The molecule has 0 aliphatic rings. The lowest BCUT2D eigenvalue weighted by atomic mass is 10.1. The van der Waals surface area contributed by atoms with Crippen molar-refractivity contribution in [2.45, 2.75) is 30.7 Å². The molecule has 2 heterocycles. The Balaban J connectivity index is 1.62. The van der Waals surface area contributed by atoms with Gasteiger partial charge in [-0.2, -0.15) is 4.98 Å². The lowest BCUT2D eigenvalue weighted by Gasteiger charge is -2.02. The Bertz CT molecular complexity index is 952. The van der Waals surface area contributed by atoms with Gasteiger partial charge in [0.25, 0.3) is 0 Å². The van der Waals surface area contributed by atoms with Gasteiger partial charge < -0.3 is 9.51 Å². The zero-order valence-electron chi connectivity index (χ0n) is 15.2. The van der Waals surface area contributed by atoms with E-state index in [0.29, 0.717) is 11.6 Å². The molecule has 0 aliphatic heterocycles. The number of hydrogen-bond donors (Lipinski definition) is 1. The van der Waals surface area contributed by atoms with Gasteiger partial charge in [0.1, 0.15) is 0 Å². The van der Waals surface area contributed by atoms with Gasteiger partial charge in [-0.25, -0.2) is 4.98 Å². The molecule has 136 valence electrons. The zero-order valence-corrected chi connectivity index (χ0v) is 16.0. The molecule has 2 aromatic heterocycles. The second kappa shape index (κ2) is 7.80. The van der Waals surface area contributed by atoms with Crippen molar-refractivity contribution in [1.29, 1.82) is 0 Å². The van der Waals surface area contributed by atoms with Crippen molar-refractivity contribution in [3.63, 3.8) is 0 Å². The number of thioether (sulfide) groups is 1. The maximum atomic E-state index is 5.33. The summed E-state index contributed by atoms with van der Waals surface area (Å²) in [5.74, 6) is 2.18. The van der Waals surface area contributed by atoms with Gasteiger partial charge >= 0.3 is 0 Å². The van der Waals surface area contributed by atoms with Gasteiger partial charge in [0.15, 0.2) is 11.0 Å². The molecule has 0 saturated carbocycles. The van der Waals surface area contributed by atoms with Crippen molar-refractivity contribution in [3.05, 3.63) is 72.4 Å². The maximum absolute atomic E-state index is 5.33. The van der Waals surface area contributed by atoms with E-state index in [0.717, 1.165) is 33.5 Å². The van der Waals surface area contributed by atoms with Crippen LogP contribution < -0.4 is 0 Å². The highest BCUT2D eigenvalue weighted by molar-refractivity contribution is 7.98. The van der Waals surface area contributed by atoms with Crippen LogP contribution >= 0.6 is 11.8 Å². The van der Waals surface area contributed by atoms with E-state index in [1.54, 1.807) is 11.8 Å². The van der Waals surface area contributed by atoms with Crippen LogP contribution in [0.25, 0.3) is 22.5 Å². The van der Waals surface area contributed by atoms with Gasteiger partial charge in [0, 0.05) is 17.0 Å². The summed E-state index contributed by atoms with van der Waals surface area (Å²) >= 11 is 1.56. The Morgan fingerprint density at radius 1 is 0.926 bits per heavy atom. The average Bonchev–Trinajstić information content (AvgIpc) is 3.35. The molecule has 0 saturated heterocycles. The van der Waals surface area contributed by atoms with Crippen LogP contribution in [0.4, 0.5) is 0 Å². The number of nitrogens with one attached hydrogen (secondary N) is 1. The number of hydrogen-bond acceptors (Lipinski definition) is 5. The van der Waals surface area contributed by atoms with Crippen LogP contribution in [0.3, 0.4) is 0 Å². The zero-order chi connectivity index (χ0) is 18.6. The van der Waals surface area contributed by atoms with Crippen LogP contribution in [0.1, 0.15) is 31.5 Å². The molecule has 0 amide bonds. The molecule has 0 bridgehead atoms. The Kier molecular flexibility index (Phi) is 5.07. The van der Waals surface area contributed by atoms with E-state index in [-0.39, 0.29) is 5.92 Å². The van der Waals surface area contributed by atoms with Gasteiger partial charge in [0.2, 0.25) is 5.89 Å². The van der Waals surface area contributed by atoms with Crippen molar-refractivity contribution in [1.82, 2.24) is 20.1 Å². The highest BCUT2D eigenvalue weighted by Gasteiger charge is 2.16. The first kappa shape index (κ1) is 17.5. The number of H-pyrrole nitrogens is 1. The van der Waals surface area contributed by atoms with Crippen LogP contribution in [0.2, 0.25) is 0 Å². The number of nitrogens with zero attached hydrogens (tertiary/aromatic N) is 3. The van der Waals surface area contributed by atoms with E-state index in [1.807, 2.05) is 50.2 Å². The van der Waals surface area contributed by atoms with Crippen molar-refractivity contribution in [3.8, 4) is 22.5 Å². The smallest absolute Gasteiger partial charge is 0.237 e. The molecule has 6 heteroatoms. The van der Waals surface area contributed by atoms with Crippen molar-refractivity contribution in [2.24, 2.45) is 0 Å². The monoisotopic (exact) mass is 376 g/mol. The first-order chi connectivity index (χ1) is 13.2. The number of benzene rings is 2. The third-order valence-corrected chi connectivity index (χ3v) is 4.98. The predicted molar refractivity (Wildman–Crippen MR) is 107 cm³/mol. The molecule has 2 aromatic carbocycles. The Labute approximate surface area is 162 Å². The van der Waals surface area contributed by atoms with E-state index in [1.165, 1.54) is 0 Å². The minimum absolute atomic E-state index is 0.255. The summed E-state index contributed by atoms with van der Waals surface area (Å²) in [6.07, 6.45) is 0. The first-order valence-corrected chi connectivity index (χ1v) is 9.85. The summed E-state index contributed by atoms with van der Waals surface area (Å²) in [5.41, 5.74) is 4.14. The van der Waals surface area contributed by atoms with E-state index in [4.69, 9.17) is 9.51 Å². The summed E-state index contributed by atoms with van der Waals surface area (Å²) in [6.45, 7) is 4.10. The van der Waals surface area contributed by atoms with Crippen LogP contribution in [-0.4, -0.2) is 20.1 Å². The van der Waals surface area contributed by atoms with Crippen LogP contribution in [0.5, 0.6) is 0 Å². The Morgan fingerprint density at radius 2 is 1.59 bits per heavy atom. The van der Waals surface area contributed by atoms with E-state index in [2.05, 4.69) is 39.4 Å². The average molecular weight is 376 g/mol. The normalized spacial score (nSPS) is 11.2. The highest BCUT2D eigenvalue weighted by atomic mass is 32.2. The SMILES string of the molecule is CC(C)c1noc(CSc2nc(-c3ccccc3)c(-c3ccccc3)[nH]2)n1. The predicted octanol–water partition coefficient (Wildman–Crippen LogP) is 5.54. The number of aromatic nitrogens is 4. The number of rotatable bonds is 6. The molecular weight excluding hydrogens is 356 g/mol. The molecule has 0 unspecified atom stereocenters. The molecule has 0 aliphatic carbocycles. The second-order valence-electron chi connectivity index (χ2n) is 6.49. The summed E-state index contributed by atoms with van der Waals surface area (Å²) < 4.78 is 5.33. The number of aromatic amines is 1. The number of imidazole rings is 1. The van der Waals surface area contributed by atoms with Gasteiger partial charge in [-0.1, -0.05) is 91.4 Å². The first-order valence-electron chi connectivity index (χ1n) is 8.87. The largest absolute Gasteiger partial charge is 0.338 e. The van der Waals surface area contributed by atoms with Gasteiger partial charge in [-0.15, -0.1) is 0 Å². The standard InChI is InChI=1S/C21H20N4OS/c1-14(2)20-22-17(26-25-20)13-27-21-23-18(15-9-5-3-6-10-15)19(24-21)16-11-7-4-8-12-16/h3-12,14H,13H2,1-2H3,(H,23,24). The molecule has 4 aromatic rings. The molecule has 0 atom stereocenters. The third-order valence-electron chi connectivity index (χ3n) is 4.12. The van der Waals surface area contributed by atoms with Crippen molar-refractivity contribution < 1.29 is 4.52 Å². The van der Waals surface area contributed by atoms with Crippen molar-refractivity contribution in [2.75, 3.05) is 0 Å². The van der Waals surface area contributed by atoms with E-state index in [9.17, 15) is 0 Å².